The average molecular weight is 474 g/mol. The minimum absolute atomic E-state index is 0.0201. The molecule has 1 amide bonds. The van der Waals surface area contributed by atoms with E-state index in [0.717, 1.165) is 20.2 Å². The van der Waals surface area contributed by atoms with E-state index < -0.39 is 17.1 Å². The Hall–Kier alpha value is -4.04. The molecule has 0 saturated heterocycles. The molecule has 5 aromatic rings. The first-order chi connectivity index (χ1) is 16.5. The summed E-state index contributed by atoms with van der Waals surface area (Å²) in [5.74, 6) is -0.738. The molecule has 0 atom stereocenters. The highest BCUT2D eigenvalue weighted by molar-refractivity contribution is 7.25. The highest BCUT2D eigenvalue weighted by Gasteiger charge is 2.20. The van der Waals surface area contributed by atoms with Crippen LogP contribution in [0.1, 0.15) is 11.1 Å². The van der Waals surface area contributed by atoms with E-state index in [4.69, 9.17) is 0 Å². The van der Waals surface area contributed by atoms with Gasteiger partial charge in [-0.05, 0) is 29.3 Å². The highest BCUT2D eigenvalue weighted by Crippen LogP contribution is 2.30. The number of thiophene rings is 1. The van der Waals surface area contributed by atoms with Gasteiger partial charge >= 0.3 is 5.69 Å². The number of nitrogens with one attached hydrogen (secondary N) is 1. The Balaban J connectivity index is 1.59. The number of rotatable bonds is 6. The number of carbonyl (C=O) groups is 1. The van der Waals surface area contributed by atoms with Gasteiger partial charge in [-0.1, -0.05) is 60.7 Å². The summed E-state index contributed by atoms with van der Waals surface area (Å²) in [7, 11) is 0. The van der Waals surface area contributed by atoms with Gasteiger partial charge in [-0.25, -0.2) is 9.18 Å². The molecule has 0 aliphatic carbocycles. The largest absolute Gasteiger partial charge is 0.350 e. The summed E-state index contributed by atoms with van der Waals surface area (Å²) in [6, 6.07) is 22.5. The van der Waals surface area contributed by atoms with Crippen LogP contribution in [0, 0.1) is 5.82 Å². The maximum atomic E-state index is 13.5. The van der Waals surface area contributed by atoms with Crippen LogP contribution >= 0.6 is 11.3 Å². The van der Waals surface area contributed by atoms with E-state index in [9.17, 15) is 18.8 Å². The van der Waals surface area contributed by atoms with E-state index in [-0.39, 0.29) is 19.0 Å². The van der Waals surface area contributed by atoms with Gasteiger partial charge in [0, 0.05) is 16.6 Å². The first kappa shape index (κ1) is 21.8. The van der Waals surface area contributed by atoms with Gasteiger partial charge in [-0.3, -0.25) is 18.7 Å². The van der Waals surface area contributed by atoms with Crippen molar-refractivity contribution in [2.75, 3.05) is 0 Å². The lowest BCUT2D eigenvalue weighted by Gasteiger charge is -2.13. The minimum atomic E-state index is -0.583. The molecule has 0 fully saturated rings. The van der Waals surface area contributed by atoms with Crippen LogP contribution in [0.25, 0.3) is 20.3 Å². The summed E-state index contributed by atoms with van der Waals surface area (Å²) in [4.78, 5) is 39.7. The van der Waals surface area contributed by atoms with Crippen LogP contribution in [0.4, 0.5) is 4.39 Å². The first-order valence-electron chi connectivity index (χ1n) is 10.7. The Morgan fingerprint density at radius 2 is 1.56 bits per heavy atom. The Labute approximate surface area is 197 Å². The number of amides is 1. The molecule has 0 aliphatic heterocycles. The van der Waals surface area contributed by atoms with Gasteiger partial charge < -0.3 is 5.32 Å². The van der Waals surface area contributed by atoms with Crippen molar-refractivity contribution in [1.82, 2.24) is 14.5 Å². The monoisotopic (exact) mass is 473 g/mol. The van der Waals surface area contributed by atoms with Crippen molar-refractivity contribution in [3.63, 3.8) is 0 Å². The Kier molecular flexibility index (Phi) is 5.81. The molecule has 5 rings (SSSR count). The number of halogens is 1. The lowest BCUT2D eigenvalue weighted by Crippen LogP contribution is -2.42. The van der Waals surface area contributed by atoms with Crippen molar-refractivity contribution in [2.24, 2.45) is 0 Å². The smallest absolute Gasteiger partial charge is 0.332 e. The molecule has 34 heavy (non-hydrogen) atoms. The molecule has 1 N–H and O–H groups in total. The molecule has 170 valence electrons. The molecule has 2 heterocycles. The predicted molar refractivity (Wildman–Crippen MR) is 132 cm³/mol. The third-order valence-corrected chi connectivity index (χ3v) is 6.78. The van der Waals surface area contributed by atoms with Gasteiger partial charge in [0.15, 0.2) is 0 Å². The molecule has 2 aromatic heterocycles. The lowest BCUT2D eigenvalue weighted by molar-refractivity contribution is -0.121. The van der Waals surface area contributed by atoms with E-state index in [1.807, 2.05) is 54.6 Å². The van der Waals surface area contributed by atoms with Crippen molar-refractivity contribution in [1.29, 1.82) is 0 Å². The van der Waals surface area contributed by atoms with Crippen LogP contribution < -0.4 is 16.6 Å². The average Bonchev–Trinajstić information content (AvgIpc) is 3.25. The summed E-state index contributed by atoms with van der Waals surface area (Å²) in [6.07, 6.45) is 0. The number of carbonyl (C=O) groups excluding carboxylic acids is 1. The van der Waals surface area contributed by atoms with E-state index in [0.29, 0.717) is 22.3 Å². The Bertz CT molecular complexity index is 1620. The Morgan fingerprint density at radius 1 is 0.853 bits per heavy atom. The van der Waals surface area contributed by atoms with Crippen molar-refractivity contribution in [2.45, 2.75) is 19.6 Å². The standard InChI is InChI=1S/C26H20FN3O3S/c27-19-12-10-18(11-13-19)15-30-25(32)24-23(20-8-4-5-9-21(20)34-24)29(26(30)33)16-22(31)28-14-17-6-2-1-3-7-17/h1-13H,14-16H2,(H,28,31). The van der Waals surface area contributed by atoms with E-state index in [1.54, 1.807) is 0 Å². The maximum absolute atomic E-state index is 13.5. The number of nitrogens with zero attached hydrogens (tertiary/aromatic N) is 2. The van der Waals surface area contributed by atoms with Crippen LogP contribution in [-0.2, 0) is 24.4 Å². The zero-order valence-electron chi connectivity index (χ0n) is 18.0. The Morgan fingerprint density at radius 3 is 2.32 bits per heavy atom. The summed E-state index contributed by atoms with van der Waals surface area (Å²) in [6.45, 7) is 0.0809. The summed E-state index contributed by atoms with van der Waals surface area (Å²) in [5, 5.41) is 3.60. The van der Waals surface area contributed by atoms with Crippen LogP contribution in [0.2, 0.25) is 0 Å². The number of fused-ring (bicyclic) bond motifs is 3. The highest BCUT2D eigenvalue weighted by atomic mass is 32.1. The molecule has 6 nitrogen and oxygen atoms in total. The third-order valence-electron chi connectivity index (χ3n) is 5.63. The van der Waals surface area contributed by atoms with Gasteiger partial charge in [0.2, 0.25) is 5.91 Å². The van der Waals surface area contributed by atoms with Crippen molar-refractivity contribution < 1.29 is 9.18 Å². The van der Waals surface area contributed by atoms with Crippen LogP contribution in [-0.4, -0.2) is 15.0 Å². The fourth-order valence-electron chi connectivity index (χ4n) is 3.95. The number of aromatic nitrogens is 2. The van der Waals surface area contributed by atoms with Crippen LogP contribution in [0.3, 0.4) is 0 Å². The van der Waals surface area contributed by atoms with Gasteiger partial charge in [-0.15, -0.1) is 11.3 Å². The van der Waals surface area contributed by atoms with Gasteiger partial charge in [0.1, 0.15) is 17.1 Å². The van der Waals surface area contributed by atoms with E-state index in [2.05, 4.69) is 5.32 Å². The second-order valence-corrected chi connectivity index (χ2v) is 8.98. The molecule has 0 bridgehead atoms. The van der Waals surface area contributed by atoms with Gasteiger partial charge in [-0.2, -0.15) is 0 Å². The first-order valence-corrected chi connectivity index (χ1v) is 11.5. The molecule has 0 saturated carbocycles. The van der Waals surface area contributed by atoms with Crippen LogP contribution in [0.5, 0.6) is 0 Å². The topological polar surface area (TPSA) is 73.1 Å². The quantitative estimate of drug-likeness (QED) is 0.407. The molecule has 8 heteroatoms. The van der Waals surface area contributed by atoms with Crippen molar-refractivity contribution >= 4 is 37.5 Å². The third kappa shape index (κ3) is 4.15. The van der Waals surface area contributed by atoms with Crippen molar-refractivity contribution in [3.05, 3.63) is 117 Å². The zero-order chi connectivity index (χ0) is 23.7. The lowest BCUT2D eigenvalue weighted by atomic mass is 10.2. The SMILES string of the molecule is O=C(Cn1c(=O)n(Cc2ccc(F)cc2)c(=O)c2sc3ccccc3c21)NCc1ccccc1. The van der Waals surface area contributed by atoms with E-state index in [1.165, 1.54) is 40.2 Å². The molecule has 0 unspecified atom stereocenters. The zero-order valence-corrected chi connectivity index (χ0v) is 18.8. The molecular formula is C26H20FN3O3S. The second kappa shape index (κ2) is 9.07. The summed E-state index contributed by atoms with van der Waals surface area (Å²) < 4.78 is 17.1. The molecule has 3 aromatic carbocycles. The molecular weight excluding hydrogens is 453 g/mol. The number of benzene rings is 3. The molecule has 0 spiro atoms. The molecule has 0 aliphatic rings. The number of hydrogen-bond acceptors (Lipinski definition) is 4. The van der Waals surface area contributed by atoms with Crippen molar-refractivity contribution in [3.8, 4) is 0 Å². The minimum Gasteiger partial charge on any atom is -0.350 e. The maximum Gasteiger partial charge on any atom is 0.332 e. The van der Waals surface area contributed by atoms with Crippen LogP contribution in [0.15, 0.2) is 88.5 Å². The van der Waals surface area contributed by atoms with Gasteiger partial charge in [0.05, 0.1) is 12.1 Å². The van der Waals surface area contributed by atoms with Gasteiger partial charge in [0.25, 0.3) is 5.56 Å². The fourth-order valence-corrected chi connectivity index (χ4v) is 5.11. The predicted octanol–water partition coefficient (Wildman–Crippen LogP) is 3.88. The molecule has 0 radical (unpaired) electrons. The fraction of sp³-hybridized carbons (Fsp3) is 0.115. The summed E-state index contributed by atoms with van der Waals surface area (Å²) in [5.41, 5.74) is 1.00. The number of hydrogen-bond donors (Lipinski definition) is 1. The van der Waals surface area contributed by atoms with E-state index >= 15 is 0 Å². The second-order valence-electron chi connectivity index (χ2n) is 7.92. The normalized spacial score (nSPS) is 11.2. The summed E-state index contributed by atoms with van der Waals surface area (Å²) >= 11 is 1.29.